The molecule has 1 aromatic heterocycles. The summed E-state index contributed by atoms with van der Waals surface area (Å²) >= 11 is 0. The summed E-state index contributed by atoms with van der Waals surface area (Å²) in [5.41, 5.74) is 5.78. The highest BCUT2D eigenvalue weighted by atomic mass is 15.3. The molecular weight excluding hydrogens is 260 g/mol. The summed E-state index contributed by atoms with van der Waals surface area (Å²) in [5, 5.41) is 12.4. The van der Waals surface area contributed by atoms with Crippen molar-refractivity contribution in [3.05, 3.63) is 78.4 Å². The van der Waals surface area contributed by atoms with Crippen LogP contribution in [0.3, 0.4) is 0 Å². The topological polar surface area (TPSA) is 50.2 Å². The van der Waals surface area contributed by atoms with Gasteiger partial charge in [0.2, 0.25) is 0 Å². The van der Waals surface area contributed by atoms with Gasteiger partial charge in [0.05, 0.1) is 11.9 Å². The van der Waals surface area contributed by atoms with Gasteiger partial charge in [0, 0.05) is 5.56 Å². The molecule has 0 bridgehead atoms. The Morgan fingerprint density at radius 1 is 0.762 bits per heavy atom. The van der Waals surface area contributed by atoms with Crippen molar-refractivity contribution >= 4 is 12.0 Å². The van der Waals surface area contributed by atoms with E-state index in [4.69, 9.17) is 0 Å². The lowest BCUT2D eigenvalue weighted by Gasteiger charge is -2.01. The zero-order chi connectivity index (χ0) is 14.3. The van der Waals surface area contributed by atoms with E-state index in [0.717, 1.165) is 16.8 Å². The highest BCUT2D eigenvalue weighted by Crippen LogP contribution is 2.16. The number of nitrogens with zero attached hydrogens (tertiary/aromatic N) is 3. The summed E-state index contributed by atoms with van der Waals surface area (Å²) in [6.07, 6.45) is 1.74. The van der Waals surface area contributed by atoms with Gasteiger partial charge in [-0.25, -0.2) is 0 Å². The molecule has 1 heterocycles. The zero-order valence-electron chi connectivity index (χ0n) is 11.3. The molecule has 2 aromatic carbocycles. The highest BCUT2D eigenvalue weighted by molar-refractivity contribution is 5.79. The van der Waals surface area contributed by atoms with Crippen LogP contribution in [0, 0.1) is 0 Å². The van der Waals surface area contributed by atoms with Gasteiger partial charge in [-0.05, 0) is 17.7 Å². The van der Waals surface area contributed by atoms with Crippen LogP contribution in [-0.4, -0.2) is 16.4 Å². The number of nitrogens with one attached hydrogen (secondary N) is 1. The second kappa shape index (κ2) is 6.43. The fourth-order valence-electron chi connectivity index (χ4n) is 1.87. The zero-order valence-corrected chi connectivity index (χ0v) is 11.3. The summed E-state index contributed by atoms with van der Waals surface area (Å²) in [5.74, 6) is 0.613. The molecule has 0 aliphatic rings. The van der Waals surface area contributed by atoms with Crippen molar-refractivity contribution in [1.29, 1.82) is 0 Å². The molecule has 0 saturated heterocycles. The third-order valence-electron chi connectivity index (χ3n) is 2.93. The van der Waals surface area contributed by atoms with Crippen LogP contribution in [0.2, 0.25) is 0 Å². The molecule has 0 atom stereocenters. The fraction of sp³-hybridized carbons (Fsp3) is 0. The molecule has 0 aliphatic heterocycles. The maximum absolute atomic E-state index is 4.19. The number of rotatable bonds is 4. The van der Waals surface area contributed by atoms with Crippen LogP contribution in [-0.2, 0) is 0 Å². The summed E-state index contributed by atoms with van der Waals surface area (Å²) in [4.78, 5) is 0. The SMILES string of the molecule is C(=N\Nc1ccc(-c2ccccc2)nn1)/c1ccccc1. The molecule has 0 radical (unpaired) electrons. The predicted octanol–water partition coefficient (Wildman–Crippen LogP) is 3.59. The van der Waals surface area contributed by atoms with E-state index in [1.807, 2.05) is 72.8 Å². The summed E-state index contributed by atoms with van der Waals surface area (Å²) < 4.78 is 0. The smallest absolute Gasteiger partial charge is 0.168 e. The molecule has 102 valence electrons. The first kappa shape index (κ1) is 13.0. The quantitative estimate of drug-likeness (QED) is 0.584. The molecule has 0 fully saturated rings. The number of hydrazone groups is 1. The maximum Gasteiger partial charge on any atom is 0.168 e. The first-order valence-electron chi connectivity index (χ1n) is 6.65. The molecule has 4 nitrogen and oxygen atoms in total. The Bertz CT molecular complexity index is 707. The van der Waals surface area contributed by atoms with Crippen molar-refractivity contribution in [2.45, 2.75) is 0 Å². The lowest BCUT2D eigenvalue weighted by molar-refractivity contribution is 1.03. The number of aromatic nitrogens is 2. The Kier molecular flexibility index (Phi) is 3.98. The van der Waals surface area contributed by atoms with Gasteiger partial charge in [-0.3, -0.25) is 5.43 Å². The maximum atomic E-state index is 4.19. The molecule has 1 N–H and O–H groups in total. The molecule has 0 spiro atoms. The van der Waals surface area contributed by atoms with Crippen LogP contribution in [0.1, 0.15) is 5.56 Å². The van der Waals surface area contributed by atoms with E-state index in [2.05, 4.69) is 20.7 Å². The van der Waals surface area contributed by atoms with Crippen LogP contribution in [0.25, 0.3) is 11.3 Å². The Balaban J connectivity index is 1.66. The van der Waals surface area contributed by atoms with Crippen molar-refractivity contribution in [3.63, 3.8) is 0 Å². The molecule has 0 amide bonds. The summed E-state index contributed by atoms with van der Waals surface area (Å²) in [6, 6.07) is 23.6. The molecule has 3 aromatic rings. The average molecular weight is 274 g/mol. The van der Waals surface area contributed by atoms with Gasteiger partial charge in [0.15, 0.2) is 5.82 Å². The van der Waals surface area contributed by atoms with E-state index in [9.17, 15) is 0 Å². The Morgan fingerprint density at radius 2 is 1.48 bits per heavy atom. The third kappa shape index (κ3) is 3.51. The van der Waals surface area contributed by atoms with Crippen LogP contribution < -0.4 is 5.43 Å². The number of anilines is 1. The van der Waals surface area contributed by atoms with Crippen molar-refractivity contribution in [2.24, 2.45) is 5.10 Å². The molecule has 0 saturated carbocycles. The van der Waals surface area contributed by atoms with Crippen molar-refractivity contribution < 1.29 is 0 Å². The average Bonchev–Trinajstić information content (AvgIpc) is 2.57. The molecule has 0 unspecified atom stereocenters. The number of benzene rings is 2. The molecular formula is C17H14N4. The van der Waals surface area contributed by atoms with Crippen molar-refractivity contribution in [3.8, 4) is 11.3 Å². The lowest BCUT2D eigenvalue weighted by Crippen LogP contribution is -1.96. The highest BCUT2D eigenvalue weighted by Gasteiger charge is 1.99. The third-order valence-corrected chi connectivity index (χ3v) is 2.93. The van der Waals surface area contributed by atoms with Gasteiger partial charge < -0.3 is 0 Å². The van der Waals surface area contributed by atoms with Crippen LogP contribution in [0.15, 0.2) is 77.9 Å². The Hall–Kier alpha value is -3.01. The van der Waals surface area contributed by atoms with Gasteiger partial charge in [-0.15, -0.1) is 10.2 Å². The molecule has 3 rings (SSSR count). The summed E-state index contributed by atoms with van der Waals surface area (Å²) in [6.45, 7) is 0. The lowest BCUT2D eigenvalue weighted by atomic mass is 10.1. The van der Waals surface area contributed by atoms with Crippen LogP contribution >= 0.6 is 0 Å². The van der Waals surface area contributed by atoms with Crippen molar-refractivity contribution in [1.82, 2.24) is 10.2 Å². The van der Waals surface area contributed by atoms with Crippen molar-refractivity contribution in [2.75, 3.05) is 5.43 Å². The van der Waals surface area contributed by atoms with Gasteiger partial charge in [0.1, 0.15) is 0 Å². The number of hydrogen-bond donors (Lipinski definition) is 1. The van der Waals surface area contributed by atoms with E-state index in [-0.39, 0.29) is 0 Å². The standard InChI is InChI=1S/C17H14N4/c1-3-7-14(8-4-1)13-18-20-17-12-11-16(19-21-17)15-9-5-2-6-10-15/h1-13H,(H,20,21)/b18-13+. The number of hydrogen-bond acceptors (Lipinski definition) is 4. The van der Waals surface area contributed by atoms with E-state index < -0.39 is 0 Å². The van der Waals surface area contributed by atoms with E-state index in [1.54, 1.807) is 6.21 Å². The molecule has 0 aliphatic carbocycles. The first-order chi connectivity index (χ1) is 10.4. The Morgan fingerprint density at radius 3 is 2.14 bits per heavy atom. The van der Waals surface area contributed by atoms with Gasteiger partial charge >= 0.3 is 0 Å². The summed E-state index contributed by atoms with van der Waals surface area (Å²) in [7, 11) is 0. The van der Waals surface area contributed by atoms with Crippen LogP contribution in [0.4, 0.5) is 5.82 Å². The second-order valence-electron chi connectivity index (χ2n) is 4.45. The molecule has 21 heavy (non-hydrogen) atoms. The van der Waals surface area contributed by atoms with Crippen LogP contribution in [0.5, 0.6) is 0 Å². The van der Waals surface area contributed by atoms with Gasteiger partial charge in [0.25, 0.3) is 0 Å². The van der Waals surface area contributed by atoms with E-state index >= 15 is 0 Å². The monoisotopic (exact) mass is 274 g/mol. The minimum absolute atomic E-state index is 0.613. The minimum atomic E-state index is 0.613. The van der Waals surface area contributed by atoms with Gasteiger partial charge in [-0.2, -0.15) is 5.10 Å². The van der Waals surface area contributed by atoms with Gasteiger partial charge in [-0.1, -0.05) is 60.7 Å². The van der Waals surface area contributed by atoms with E-state index in [1.165, 1.54) is 0 Å². The minimum Gasteiger partial charge on any atom is -0.260 e. The fourth-order valence-corrected chi connectivity index (χ4v) is 1.87. The largest absolute Gasteiger partial charge is 0.260 e. The normalized spacial score (nSPS) is 10.7. The second-order valence-corrected chi connectivity index (χ2v) is 4.45. The van der Waals surface area contributed by atoms with E-state index in [0.29, 0.717) is 5.82 Å². The predicted molar refractivity (Wildman–Crippen MR) is 85.1 cm³/mol. The Labute approximate surface area is 123 Å². The first-order valence-corrected chi connectivity index (χ1v) is 6.65. The molecule has 4 heteroatoms.